The number of benzene rings is 1. The van der Waals surface area contributed by atoms with Gasteiger partial charge in [-0.1, -0.05) is 6.07 Å². The molecule has 2 unspecified atom stereocenters. The van der Waals surface area contributed by atoms with Gasteiger partial charge in [0.25, 0.3) is 0 Å². The molecule has 130 valence electrons. The van der Waals surface area contributed by atoms with Gasteiger partial charge in [0.05, 0.1) is 20.1 Å². The number of ether oxygens (including phenoxy) is 3. The van der Waals surface area contributed by atoms with Crippen LogP contribution in [0, 0.1) is 5.92 Å². The van der Waals surface area contributed by atoms with E-state index in [1.165, 1.54) is 6.08 Å². The molecule has 0 saturated heterocycles. The van der Waals surface area contributed by atoms with E-state index in [1.807, 2.05) is 0 Å². The maximum atomic E-state index is 11.9. The lowest BCUT2D eigenvalue weighted by molar-refractivity contribution is -0.151. The number of aliphatic carboxylic acids is 1. The molecule has 0 radical (unpaired) electrons. The van der Waals surface area contributed by atoms with Gasteiger partial charge in [-0.05, 0) is 49.5 Å². The number of rotatable bonds is 6. The van der Waals surface area contributed by atoms with Gasteiger partial charge in [0.15, 0.2) is 11.5 Å². The average molecular weight is 334 g/mol. The van der Waals surface area contributed by atoms with E-state index in [0.717, 1.165) is 12.0 Å². The number of carboxylic acid groups (broad SMARTS) is 1. The molecule has 6 nitrogen and oxygen atoms in total. The maximum absolute atomic E-state index is 11.9. The first kappa shape index (κ1) is 17.8. The monoisotopic (exact) mass is 334 g/mol. The van der Waals surface area contributed by atoms with E-state index in [2.05, 4.69) is 0 Å². The van der Waals surface area contributed by atoms with Crippen molar-refractivity contribution in [1.82, 2.24) is 0 Å². The van der Waals surface area contributed by atoms with E-state index in [-0.39, 0.29) is 6.10 Å². The van der Waals surface area contributed by atoms with Crippen LogP contribution in [0.2, 0.25) is 0 Å². The van der Waals surface area contributed by atoms with Crippen LogP contribution in [-0.4, -0.2) is 37.4 Å². The zero-order chi connectivity index (χ0) is 17.5. The molecule has 0 heterocycles. The highest BCUT2D eigenvalue weighted by Crippen LogP contribution is 2.28. The van der Waals surface area contributed by atoms with Crippen LogP contribution in [0.25, 0.3) is 6.08 Å². The highest BCUT2D eigenvalue weighted by atomic mass is 16.5. The second-order valence-electron chi connectivity index (χ2n) is 5.71. The van der Waals surface area contributed by atoms with E-state index in [0.29, 0.717) is 30.8 Å². The molecule has 1 aliphatic carbocycles. The van der Waals surface area contributed by atoms with Crippen molar-refractivity contribution in [2.75, 3.05) is 14.2 Å². The Hall–Kier alpha value is -2.50. The molecule has 6 heteroatoms. The fourth-order valence-electron chi connectivity index (χ4n) is 2.80. The summed E-state index contributed by atoms with van der Waals surface area (Å²) in [5.74, 6) is -0.535. The van der Waals surface area contributed by atoms with Crippen LogP contribution < -0.4 is 9.47 Å². The van der Waals surface area contributed by atoms with Crippen molar-refractivity contribution in [3.63, 3.8) is 0 Å². The first-order valence-electron chi connectivity index (χ1n) is 7.87. The van der Waals surface area contributed by atoms with Gasteiger partial charge >= 0.3 is 11.9 Å². The zero-order valence-electron chi connectivity index (χ0n) is 13.9. The normalized spacial score (nSPS) is 20.6. The summed E-state index contributed by atoms with van der Waals surface area (Å²) >= 11 is 0. The van der Waals surface area contributed by atoms with Crippen molar-refractivity contribution in [1.29, 1.82) is 0 Å². The highest BCUT2D eigenvalue weighted by molar-refractivity contribution is 5.87. The summed E-state index contributed by atoms with van der Waals surface area (Å²) < 4.78 is 15.7. The van der Waals surface area contributed by atoms with Crippen LogP contribution in [0.3, 0.4) is 0 Å². The first-order chi connectivity index (χ1) is 11.5. The Morgan fingerprint density at radius 1 is 1.17 bits per heavy atom. The molecule has 2 atom stereocenters. The molecule has 0 aromatic heterocycles. The predicted molar refractivity (Wildman–Crippen MR) is 88.1 cm³/mol. The van der Waals surface area contributed by atoms with Gasteiger partial charge in [0, 0.05) is 6.08 Å². The Balaban J connectivity index is 1.94. The predicted octanol–water partition coefficient (Wildman–Crippen LogP) is 2.90. The Morgan fingerprint density at radius 2 is 1.92 bits per heavy atom. The summed E-state index contributed by atoms with van der Waals surface area (Å²) in [4.78, 5) is 23.0. The summed E-state index contributed by atoms with van der Waals surface area (Å²) in [5.41, 5.74) is 0.775. The number of carboxylic acids is 1. The molecule has 2 rings (SSSR count). The maximum Gasteiger partial charge on any atom is 0.331 e. The van der Waals surface area contributed by atoms with Gasteiger partial charge in [0.2, 0.25) is 0 Å². The first-order valence-corrected chi connectivity index (χ1v) is 7.87. The van der Waals surface area contributed by atoms with Gasteiger partial charge in [-0.3, -0.25) is 4.79 Å². The van der Waals surface area contributed by atoms with E-state index in [1.54, 1.807) is 38.5 Å². The van der Waals surface area contributed by atoms with Crippen LogP contribution in [0.15, 0.2) is 24.3 Å². The lowest BCUT2D eigenvalue weighted by atomic mass is 9.87. The number of hydrogen-bond acceptors (Lipinski definition) is 5. The van der Waals surface area contributed by atoms with Crippen molar-refractivity contribution < 1.29 is 28.9 Å². The molecular weight excluding hydrogens is 312 g/mol. The third-order valence-corrected chi connectivity index (χ3v) is 4.08. The minimum atomic E-state index is -0.823. The Morgan fingerprint density at radius 3 is 2.58 bits per heavy atom. The smallest absolute Gasteiger partial charge is 0.331 e. The molecule has 1 aromatic rings. The second-order valence-corrected chi connectivity index (χ2v) is 5.71. The van der Waals surface area contributed by atoms with Gasteiger partial charge in [-0.15, -0.1) is 0 Å². The molecule has 1 aromatic carbocycles. The van der Waals surface area contributed by atoms with Crippen molar-refractivity contribution in [3.8, 4) is 11.5 Å². The topological polar surface area (TPSA) is 82.1 Å². The molecule has 1 fully saturated rings. The van der Waals surface area contributed by atoms with Crippen molar-refractivity contribution in [2.24, 2.45) is 5.92 Å². The van der Waals surface area contributed by atoms with Crippen LogP contribution in [0.5, 0.6) is 11.5 Å². The standard InChI is InChI=1S/C18H22O6/c1-22-15-8-6-12(10-16(15)23-2)7-9-17(19)24-14-5-3-4-13(11-14)18(20)21/h6-10,13-14H,3-5,11H2,1-2H3,(H,20,21)/b9-7+. The van der Waals surface area contributed by atoms with E-state index in [4.69, 9.17) is 19.3 Å². The summed E-state index contributed by atoms with van der Waals surface area (Å²) in [6.45, 7) is 0. The summed E-state index contributed by atoms with van der Waals surface area (Å²) in [6, 6.07) is 5.30. The van der Waals surface area contributed by atoms with Crippen molar-refractivity contribution in [3.05, 3.63) is 29.8 Å². The quantitative estimate of drug-likeness (QED) is 0.636. The lowest BCUT2D eigenvalue weighted by Gasteiger charge is -2.25. The van der Waals surface area contributed by atoms with Gasteiger partial charge in [0.1, 0.15) is 6.10 Å². The highest BCUT2D eigenvalue weighted by Gasteiger charge is 2.28. The third kappa shape index (κ3) is 4.75. The minimum absolute atomic E-state index is 0.331. The van der Waals surface area contributed by atoms with Gasteiger partial charge in [-0.25, -0.2) is 4.79 Å². The SMILES string of the molecule is COc1ccc(/C=C/C(=O)OC2CCCC(C(=O)O)C2)cc1OC. The largest absolute Gasteiger partial charge is 0.493 e. The van der Waals surface area contributed by atoms with Crippen LogP contribution in [-0.2, 0) is 14.3 Å². The molecule has 1 aliphatic rings. The molecule has 1 saturated carbocycles. The van der Waals surface area contributed by atoms with E-state index < -0.39 is 17.9 Å². The van der Waals surface area contributed by atoms with Crippen LogP contribution >= 0.6 is 0 Å². The second kappa shape index (κ2) is 8.38. The van der Waals surface area contributed by atoms with Gasteiger partial charge < -0.3 is 19.3 Å². The van der Waals surface area contributed by atoms with E-state index in [9.17, 15) is 9.59 Å². The lowest BCUT2D eigenvalue weighted by Crippen LogP contribution is -2.28. The van der Waals surface area contributed by atoms with Crippen LogP contribution in [0.4, 0.5) is 0 Å². The number of methoxy groups -OCH3 is 2. The van der Waals surface area contributed by atoms with Crippen molar-refractivity contribution in [2.45, 2.75) is 31.8 Å². The molecule has 0 aliphatic heterocycles. The molecule has 0 spiro atoms. The van der Waals surface area contributed by atoms with Gasteiger partial charge in [-0.2, -0.15) is 0 Å². The summed E-state index contributed by atoms with van der Waals surface area (Å²) in [7, 11) is 3.10. The fourth-order valence-corrected chi connectivity index (χ4v) is 2.80. The Bertz CT molecular complexity index is 622. The number of carbonyl (C=O) groups excluding carboxylic acids is 1. The molecule has 0 amide bonds. The molecule has 1 N–H and O–H groups in total. The summed E-state index contributed by atoms with van der Waals surface area (Å²) in [6.07, 6.45) is 5.12. The molecule has 24 heavy (non-hydrogen) atoms. The average Bonchev–Trinajstić information content (AvgIpc) is 2.59. The zero-order valence-corrected chi connectivity index (χ0v) is 13.9. The number of esters is 1. The third-order valence-electron chi connectivity index (χ3n) is 4.08. The number of hydrogen-bond donors (Lipinski definition) is 1. The Kier molecular flexibility index (Phi) is 6.23. The number of carbonyl (C=O) groups is 2. The molecule has 0 bridgehead atoms. The summed E-state index contributed by atoms with van der Waals surface area (Å²) in [5, 5.41) is 9.06. The van der Waals surface area contributed by atoms with Crippen molar-refractivity contribution >= 4 is 18.0 Å². The minimum Gasteiger partial charge on any atom is -0.493 e. The van der Waals surface area contributed by atoms with E-state index >= 15 is 0 Å². The fraction of sp³-hybridized carbons (Fsp3) is 0.444. The molecular formula is C18H22O6. The van der Waals surface area contributed by atoms with Crippen LogP contribution in [0.1, 0.15) is 31.2 Å². The Labute approximate surface area is 141 Å².